The Hall–Kier alpha value is -2.37. The van der Waals surface area contributed by atoms with Crippen molar-refractivity contribution in [1.29, 1.82) is 0 Å². The van der Waals surface area contributed by atoms with Crippen LogP contribution < -0.4 is 4.74 Å². The van der Waals surface area contributed by atoms with Gasteiger partial charge in [0.25, 0.3) is 0 Å². The molecule has 38 heavy (non-hydrogen) atoms. The van der Waals surface area contributed by atoms with Gasteiger partial charge < -0.3 is 14.5 Å². The zero-order valence-corrected chi connectivity index (χ0v) is 23.1. The minimum atomic E-state index is -0.112. The predicted octanol–water partition coefficient (Wildman–Crippen LogP) is 5.87. The number of fused-ring (bicyclic) bond motifs is 1. The first-order valence-corrected chi connectivity index (χ1v) is 15.2. The Morgan fingerprint density at radius 2 is 1.58 bits per heavy atom. The molecule has 2 aromatic rings. The number of likely N-dealkylation sites (N-methyl/N-ethyl adjacent to an activating group) is 1. The quantitative estimate of drug-likeness (QED) is 0.375. The second-order valence-electron chi connectivity index (χ2n) is 12.3. The minimum Gasteiger partial charge on any atom is -0.490 e. The normalized spacial score (nSPS) is 24.3. The van der Waals surface area contributed by atoms with Crippen molar-refractivity contribution in [2.24, 2.45) is 5.92 Å². The molecule has 0 aromatic heterocycles. The fraction of sp³-hybridized carbons (Fsp3) is 0.606. The van der Waals surface area contributed by atoms with E-state index in [1.165, 1.54) is 68.9 Å². The monoisotopic (exact) mass is 515 g/mol. The van der Waals surface area contributed by atoms with Crippen molar-refractivity contribution in [2.45, 2.75) is 102 Å². The molecule has 0 N–H and O–H groups in total. The van der Waals surface area contributed by atoms with E-state index in [1.54, 1.807) is 0 Å². The first-order valence-electron chi connectivity index (χ1n) is 15.2. The van der Waals surface area contributed by atoms with Crippen molar-refractivity contribution in [3.8, 4) is 5.75 Å². The van der Waals surface area contributed by atoms with Crippen LogP contribution in [0.3, 0.4) is 0 Å². The highest BCUT2D eigenvalue weighted by Crippen LogP contribution is 2.37. The lowest BCUT2D eigenvalue weighted by Gasteiger charge is -2.47. The molecule has 1 amide bonds. The summed E-state index contributed by atoms with van der Waals surface area (Å²) in [6.45, 7) is 3.39. The predicted molar refractivity (Wildman–Crippen MR) is 152 cm³/mol. The van der Waals surface area contributed by atoms with E-state index in [4.69, 9.17) is 4.74 Å². The summed E-state index contributed by atoms with van der Waals surface area (Å²) in [6, 6.07) is 20.2. The van der Waals surface area contributed by atoms with Crippen molar-refractivity contribution in [1.82, 2.24) is 14.7 Å². The van der Waals surface area contributed by atoms with Gasteiger partial charge in [0.15, 0.2) is 0 Å². The minimum absolute atomic E-state index is 0.112. The molecule has 0 radical (unpaired) electrons. The van der Waals surface area contributed by atoms with Crippen molar-refractivity contribution in [2.75, 3.05) is 20.1 Å². The third-order valence-corrected chi connectivity index (χ3v) is 9.12. The molecule has 3 atom stereocenters. The molecule has 1 saturated heterocycles. The van der Waals surface area contributed by atoms with Crippen LogP contribution in [0.4, 0.5) is 0 Å². The number of ether oxygens (including phenoxy) is 1. The lowest BCUT2D eigenvalue weighted by molar-refractivity contribution is -0.145. The number of carbonyl (C=O) groups excluding carboxylic acids is 1. The largest absolute Gasteiger partial charge is 0.490 e. The van der Waals surface area contributed by atoms with Gasteiger partial charge in [-0.3, -0.25) is 9.69 Å². The van der Waals surface area contributed by atoms with Gasteiger partial charge in [-0.1, -0.05) is 55.3 Å². The van der Waals surface area contributed by atoms with Gasteiger partial charge in [-0.15, -0.1) is 0 Å². The number of hydrogen-bond donors (Lipinski definition) is 0. The lowest BCUT2D eigenvalue weighted by Crippen LogP contribution is -2.59. The highest BCUT2D eigenvalue weighted by atomic mass is 16.5. The number of rotatable bonds is 11. The zero-order chi connectivity index (χ0) is 25.9. The number of piperidine rings is 1. The van der Waals surface area contributed by atoms with Crippen LogP contribution in [0.25, 0.3) is 0 Å². The van der Waals surface area contributed by atoms with Gasteiger partial charge >= 0.3 is 0 Å². The van der Waals surface area contributed by atoms with Crippen molar-refractivity contribution >= 4 is 5.91 Å². The number of benzene rings is 2. The molecule has 5 nitrogen and oxygen atoms in total. The van der Waals surface area contributed by atoms with Gasteiger partial charge in [-0.05, 0) is 87.6 Å². The Morgan fingerprint density at radius 3 is 2.32 bits per heavy atom. The summed E-state index contributed by atoms with van der Waals surface area (Å²) >= 11 is 0. The molecule has 3 saturated carbocycles. The Kier molecular flexibility index (Phi) is 8.03. The van der Waals surface area contributed by atoms with Crippen molar-refractivity contribution in [3.63, 3.8) is 0 Å². The van der Waals surface area contributed by atoms with Crippen LogP contribution in [-0.4, -0.2) is 65.0 Å². The molecule has 0 spiro atoms. The SMILES string of the molecule is CN(Cc1ccccc1)C[C@H](C(=O)N1CCC[C@H]2CCCC[C@@H]21)N(Cc1ccc(OC2CC2)cc1)C1CC1. The zero-order valence-electron chi connectivity index (χ0n) is 23.1. The molecule has 3 aliphatic carbocycles. The van der Waals surface area contributed by atoms with Crippen LogP contribution >= 0.6 is 0 Å². The number of nitrogens with zero attached hydrogens (tertiary/aromatic N) is 3. The fourth-order valence-electron chi connectivity index (χ4n) is 6.83. The first kappa shape index (κ1) is 25.9. The summed E-state index contributed by atoms with van der Waals surface area (Å²) in [4.78, 5) is 21.8. The van der Waals surface area contributed by atoms with Gasteiger partial charge in [0, 0.05) is 38.3 Å². The Bertz CT molecular complexity index is 1050. The van der Waals surface area contributed by atoms with Gasteiger partial charge in [0.05, 0.1) is 6.10 Å². The van der Waals surface area contributed by atoms with E-state index >= 15 is 0 Å². The van der Waals surface area contributed by atoms with Gasteiger partial charge in [0.1, 0.15) is 11.8 Å². The van der Waals surface area contributed by atoms with Crippen LogP contribution in [0.15, 0.2) is 54.6 Å². The van der Waals surface area contributed by atoms with Gasteiger partial charge in [-0.25, -0.2) is 0 Å². The second-order valence-corrected chi connectivity index (χ2v) is 12.3. The average molecular weight is 516 g/mol. The van der Waals surface area contributed by atoms with E-state index in [0.29, 0.717) is 30.0 Å². The van der Waals surface area contributed by atoms with Crippen molar-refractivity contribution in [3.05, 3.63) is 65.7 Å². The molecule has 2 aromatic carbocycles. The molecular formula is C33H45N3O2. The van der Waals surface area contributed by atoms with E-state index < -0.39 is 0 Å². The van der Waals surface area contributed by atoms with E-state index in [-0.39, 0.29) is 6.04 Å². The van der Waals surface area contributed by atoms with E-state index in [0.717, 1.165) is 38.3 Å². The molecule has 0 bridgehead atoms. The topological polar surface area (TPSA) is 36.0 Å². The molecule has 5 heteroatoms. The number of hydrogen-bond acceptors (Lipinski definition) is 4. The third-order valence-electron chi connectivity index (χ3n) is 9.12. The molecule has 1 aliphatic heterocycles. The Balaban J connectivity index is 1.22. The molecule has 4 fully saturated rings. The van der Waals surface area contributed by atoms with Crippen molar-refractivity contribution < 1.29 is 9.53 Å². The molecule has 1 heterocycles. The van der Waals surface area contributed by atoms with Gasteiger partial charge in [-0.2, -0.15) is 0 Å². The Labute approximate surface area is 229 Å². The Morgan fingerprint density at radius 1 is 0.868 bits per heavy atom. The molecule has 4 aliphatic rings. The summed E-state index contributed by atoms with van der Waals surface area (Å²) in [5.74, 6) is 2.06. The average Bonchev–Trinajstić information content (AvgIpc) is 3.87. The van der Waals surface area contributed by atoms with Crippen LogP contribution in [-0.2, 0) is 17.9 Å². The van der Waals surface area contributed by atoms with Crippen LogP contribution in [0, 0.1) is 5.92 Å². The number of carbonyl (C=O) groups is 1. The first-order chi connectivity index (χ1) is 18.6. The van der Waals surface area contributed by atoms with Crippen LogP contribution in [0.5, 0.6) is 5.75 Å². The smallest absolute Gasteiger partial charge is 0.241 e. The van der Waals surface area contributed by atoms with E-state index in [1.807, 2.05) is 0 Å². The van der Waals surface area contributed by atoms with Crippen LogP contribution in [0.1, 0.15) is 75.3 Å². The maximum Gasteiger partial charge on any atom is 0.241 e. The van der Waals surface area contributed by atoms with Crippen LogP contribution in [0.2, 0.25) is 0 Å². The lowest BCUT2D eigenvalue weighted by atomic mass is 9.78. The summed E-state index contributed by atoms with van der Waals surface area (Å²) in [5.41, 5.74) is 2.58. The standard InChI is InChI=1S/C33H45N3O2/c1-34(22-25-8-3-2-4-9-25)24-32(33(37)35-21-7-11-27-10-5-6-12-31(27)35)36(28-15-16-28)23-26-13-17-29(18-14-26)38-30-19-20-30/h2-4,8-9,13-14,17-18,27-28,30-32H,5-7,10-12,15-16,19-24H2,1H3/t27-,31+,32-/m1/s1. The molecule has 6 rings (SSSR count). The molecular weight excluding hydrogens is 470 g/mol. The summed E-state index contributed by atoms with van der Waals surface area (Å²) in [7, 11) is 2.18. The maximum absolute atomic E-state index is 14.5. The summed E-state index contributed by atoms with van der Waals surface area (Å²) < 4.78 is 5.99. The van der Waals surface area contributed by atoms with E-state index in [2.05, 4.69) is 76.3 Å². The summed E-state index contributed by atoms with van der Waals surface area (Å²) in [5, 5.41) is 0. The maximum atomic E-state index is 14.5. The third kappa shape index (κ3) is 6.43. The molecule has 0 unspecified atom stereocenters. The molecule has 204 valence electrons. The highest BCUT2D eigenvalue weighted by Gasteiger charge is 2.43. The highest BCUT2D eigenvalue weighted by molar-refractivity contribution is 5.83. The number of amides is 1. The van der Waals surface area contributed by atoms with E-state index in [9.17, 15) is 4.79 Å². The van der Waals surface area contributed by atoms with Gasteiger partial charge in [0.2, 0.25) is 5.91 Å². The fourth-order valence-corrected chi connectivity index (χ4v) is 6.83. The number of likely N-dealkylation sites (tertiary alicyclic amines) is 1. The second kappa shape index (κ2) is 11.8. The summed E-state index contributed by atoms with van der Waals surface area (Å²) in [6.07, 6.45) is 12.7.